The Labute approximate surface area is 121 Å². The summed E-state index contributed by atoms with van der Waals surface area (Å²) in [4.78, 5) is 27.6. The molecule has 1 aromatic heterocycles. The Morgan fingerprint density at radius 1 is 1.19 bits per heavy atom. The van der Waals surface area contributed by atoms with E-state index in [4.69, 9.17) is 0 Å². The molecule has 6 heteroatoms. The van der Waals surface area contributed by atoms with Crippen LogP contribution in [0, 0.1) is 6.92 Å². The van der Waals surface area contributed by atoms with E-state index in [1.165, 1.54) is 18.5 Å². The van der Waals surface area contributed by atoms with E-state index in [0.717, 1.165) is 0 Å². The van der Waals surface area contributed by atoms with Gasteiger partial charge in [0.1, 0.15) is 5.75 Å². The molecule has 2 rings (SSSR count). The number of nitrogens with one attached hydrogen (secondary N) is 2. The van der Waals surface area contributed by atoms with E-state index in [0.29, 0.717) is 16.8 Å². The molecule has 0 saturated heterocycles. The second kappa shape index (κ2) is 6.04. The molecule has 0 bridgehead atoms. The molecule has 2 amide bonds. The first kappa shape index (κ1) is 14.5. The van der Waals surface area contributed by atoms with E-state index >= 15 is 0 Å². The molecule has 0 radical (unpaired) electrons. The van der Waals surface area contributed by atoms with Crippen molar-refractivity contribution < 1.29 is 14.7 Å². The number of benzene rings is 1. The normalized spacial score (nSPS) is 10.0. The van der Waals surface area contributed by atoms with Crippen molar-refractivity contribution in [2.24, 2.45) is 0 Å². The minimum atomic E-state index is -0.407. The molecule has 0 fully saturated rings. The molecule has 21 heavy (non-hydrogen) atoms. The highest BCUT2D eigenvalue weighted by atomic mass is 16.3. The molecule has 108 valence electrons. The number of rotatable bonds is 3. The summed E-state index contributed by atoms with van der Waals surface area (Å²) in [6.45, 7) is 1.75. The number of anilines is 1. The monoisotopic (exact) mass is 285 g/mol. The maximum Gasteiger partial charge on any atom is 0.257 e. The van der Waals surface area contributed by atoms with Crippen molar-refractivity contribution in [2.45, 2.75) is 6.92 Å². The van der Waals surface area contributed by atoms with Crippen LogP contribution in [0.4, 0.5) is 5.69 Å². The summed E-state index contributed by atoms with van der Waals surface area (Å²) in [7, 11) is 1.55. The zero-order valence-corrected chi connectivity index (χ0v) is 11.7. The molecular weight excluding hydrogens is 270 g/mol. The van der Waals surface area contributed by atoms with Crippen molar-refractivity contribution in [1.29, 1.82) is 0 Å². The van der Waals surface area contributed by atoms with Crippen LogP contribution in [0.2, 0.25) is 0 Å². The van der Waals surface area contributed by atoms with Crippen LogP contribution in [0.1, 0.15) is 26.3 Å². The maximum atomic E-state index is 12.1. The number of aromatic hydroxyl groups is 1. The van der Waals surface area contributed by atoms with E-state index in [9.17, 15) is 14.7 Å². The van der Waals surface area contributed by atoms with Crippen molar-refractivity contribution in [3.05, 3.63) is 53.3 Å². The quantitative estimate of drug-likeness (QED) is 0.800. The highest BCUT2D eigenvalue weighted by Crippen LogP contribution is 2.20. The van der Waals surface area contributed by atoms with Gasteiger partial charge in [-0.3, -0.25) is 14.6 Å². The first-order valence-corrected chi connectivity index (χ1v) is 6.30. The highest BCUT2D eigenvalue weighted by molar-refractivity contribution is 6.06. The molecule has 3 N–H and O–H groups in total. The molecule has 0 aliphatic carbocycles. The number of pyridine rings is 1. The van der Waals surface area contributed by atoms with Gasteiger partial charge in [0.25, 0.3) is 11.8 Å². The van der Waals surface area contributed by atoms with Gasteiger partial charge >= 0.3 is 0 Å². The molecule has 0 aliphatic rings. The van der Waals surface area contributed by atoms with Gasteiger partial charge in [-0.15, -0.1) is 0 Å². The lowest BCUT2D eigenvalue weighted by Crippen LogP contribution is -2.20. The minimum absolute atomic E-state index is 0.0847. The summed E-state index contributed by atoms with van der Waals surface area (Å²) >= 11 is 0. The van der Waals surface area contributed by atoms with Gasteiger partial charge in [-0.2, -0.15) is 0 Å². The van der Waals surface area contributed by atoms with Crippen molar-refractivity contribution in [1.82, 2.24) is 10.3 Å². The standard InChI is InChI=1S/C15H15N3O3/c1-9-12(15(21)16-2)4-3-5-13(9)18-14(20)10-6-11(19)8-17-7-10/h3-8,19H,1-2H3,(H,16,21)(H,18,20). The predicted molar refractivity (Wildman–Crippen MR) is 78.4 cm³/mol. The van der Waals surface area contributed by atoms with Gasteiger partial charge in [0.15, 0.2) is 0 Å². The van der Waals surface area contributed by atoms with Gasteiger partial charge in [-0.25, -0.2) is 0 Å². The topological polar surface area (TPSA) is 91.3 Å². The predicted octanol–water partition coefficient (Wildman–Crippen LogP) is 1.71. The SMILES string of the molecule is CNC(=O)c1cccc(NC(=O)c2cncc(O)c2)c1C. The maximum absolute atomic E-state index is 12.1. The van der Waals surface area contributed by atoms with Crippen molar-refractivity contribution in [2.75, 3.05) is 12.4 Å². The molecule has 6 nitrogen and oxygen atoms in total. The lowest BCUT2D eigenvalue weighted by molar-refractivity contribution is 0.0960. The number of hydrogen-bond donors (Lipinski definition) is 3. The Kier molecular flexibility index (Phi) is 4.18. The lowest BCUT2D eigenvalue weighted by atomic mass is 10.1. The van der Waals surface area contributed by atoms with Gasteiger partial charge in [-0.1, -0.05) is 6.07 Å². The van der Waals surface area contributed by atoms with E-state index in [1.54, 1.807) is 32.2 Å². The number of nitrogens with zero attached hydrogens (tertiary/aromatic N) is 1. The van der Waals surface area contributed by atoms with Gasteiger partial charge in [-0.05, 0) is 30.7 Å². The van der Waals surface area contributed by atoms with Crippen molar-refractivity contribution >= 4 is 17.5 Å². The molecule has 0 aliphatic heterocycles. The Hall–Kier alpha value is -2.89. The Balaban J connectivity index is 2.28. The molecule has 0 unspecified atom stereocenters. The first-order chi connectivity index (χ1) is 10.0. The van der Waals surface area contributed by atoms with Crippen LogP contribution in [-0.2, 0) is 0 Å². The Morgan fingerprint density at radius 3 is 2.62 bits per heavy atom. The van der Waals surface area contributed by atoms with Gasteiger partial charge in [0, 0.05) is 24.5 Å². The van der Waals surface area contributed by atoms with Gasteiger partial charge in [0.05, 0.1) is 11.8 Å². The van der Waals surface area contributed by atoms with Crippen LogP contribution >= 0.6 is 0 Å². The molecule has 2 aromatic rings. The zero-order chi connectivity index (χ0) is 15.4. The Bertz CT molecular complexity index is 698. The number of hydrogen-bond acceptors (Lipinski definition) is 4. The number of aromatic nitrogens is 1. The second-order valence-electron chi connectivity index (χ2n) is 4.44. The van der Waals surface area contributed by atoms with Crippen LogP contribution in [0.25, 0.3) is 0 Å². The van der Waals surface area contributed by atoms with E-state index < -0.39 is 5.91 Å². The van der Waals surface area contributed by atoms with E-state index in [-0.39, 0.29) is 17.2 Å². The fourth-order valence-electron chi connectivity index (χ4n) is 1.90. The molecule has 0 saturated carbocycles. The average Bonchev–Trinajstić information content (AvgIpc) is 2.48. The second-order valence-corrected chi connectivity index (χ2v) is 4.44. The van der Waals surface area contributed by atoms with Crippen molar-refractivity contribution in [3.63, 3.8) is 0 Å². The third-order valence-electron chi connectivity index (χ3n) is 3.04. The van der Waals surface area contributed by atoms with Gasteiger partial charge in [0.2, 0.25) is 0 Å². The minimum Gasteiger partial charge on any atom is -0.506 e. The molecule has 1 aromatic carbocycles. The van der Waals surface area contributed by atoms with Gasteiger partial charge < -0.3 is 15.7 Å². The number of carbonyl (C=O) groups excluding carboxylic acids is 2. The van der Waals surface area contributed by atoms with Crippen LogP contribution in [0.15, 0.2) is 36.7 Å². The fraction of sp³-hybridized carbons (Fsp3) is 0.133. The lowest BCUT2D eigenvalue weighted by Gasteiger charge is -2.11. The molecular formula is C15H15N3O3. The summed E-state index contributed by atoms with van der Waals surface area (Å²) in [5, 5.41) is 14.6. The molecule has 0 atom stereocenters. The summed E-state index contributed by atoms with van der Waals surface area (Å²) in [6.07, 6.45) is 2.60. The number of amides is 2. The zero-order valence-electron chi connectivity index (χ0n) is 11.7. The third-order valence-corrected chi connectivity index (χ3v) is 3.04. The fourth-order valence-corrected chi connectivity index (χ4v) is 1.90. The van der Waals surface area contributed by atoms with E-state index in [1.807, 2.05) is 0 Å². The Morgan fingerprint density at radius 2 is 1.95 bits per heavy atom. The smallest absolute Gasteiger partial charge is 0.257 e. The summed E-state index contributed by atoms with van der Waals surface area (Å²) in [6, 6.07) is 6.39. The molecule has 1 heterocycles. The molecule has 0 spiro atoms. The summed E-state index contributed by atoms with van der Waals surface area (Å²) < 4.78 is 0. The summed E-state index contributed by atoms with van der Waals surface area (Å²) in [5.74, 6) is -0.711. The van der Waals surface area contributed by atoms with Crippen LogP contribution in [0.5, 0.6) is 5.75 Å². The average molecular weight is 285 g/mol. The van der Waals surface area contributed by atoms with Crippen LogP contribution < -0.4 is 10.6 Å². The first-order valence-electron chi connectivity index (χ1n) is 6.30. The summed E-state index contributed by atoms with van der Waals surface area (Å²) in [5.41, 5.74) is 1.92. The number of carbonyl (C=O) groups is 2. The largest absolute Gasteiger partial charge is 0.506 e. The van der Waals surface area contributed by atoms with Crippen LogP contribution in [-0.4, -0.2) is 29.0 Å². The van der Waals surface area contributed by atoms with Crippen LogP contribution in [0.3, 0.4) is 0 Å². The van der Waals surface area contributed by atoms with Crippen molar-refractivity contribution in [3.8, 4) is 5.75 Å². The third kappa shape index (κ3) is 3.17. The highest BCUT2D eigenvalue weighted by Gasteiger charge is 2.13. The van der Waals surface area contributed by atoms with E-state index in [2.05, 4.69) is 15.6 Å².